The van der Waals surface area contributed by atoms with Crippen molar-refractivity contribution in [1.82, 2.24) is 34.9 Å². The number of aromatic nitrogens is 7. The monoisotopic (exact) mass is 629 g/mol. The summed E-state index contributed by atoms with van der Waals surface area (Å²) in [6, 6.07) is 51.0. The van der Waals surface area contributed by atoms with Gasteiger partial charge < -0.3 is 0 Å². The number of nitrogens with zero attached hydrogens (tertiary/aromatic N) is 7. The van der Waals surface area contributed by atoms with E-state index >= 15 is 0 Å². The van der Waals surface area contributed by atoms with E-state index in [2.05, 4.69) is 70.6 Å². The lowest BCUT2D eigenvalue weighted by Gasteiger charge is -2.10. The summed E-state index contributed by atoms with van der Waals surface area (Å²) >= 11 is 0. The Kier molecular flexibility index (Phi) is 6.98. The first-order valence-corrected chi connectivity index (χ1v) is 16.0. The average molecular weight is 630 g/mol. The van der Waals surface area contributed by atoms with E-state index in [-0.39, 0.29) is 0 Å². The van der Waals surface area contributed by atoms with Gasteiger partial charge in [0, 0.05) is 29.1 Å². The van der Waals surface area contributed by atoms with Crippen molar-refractivity contribution in [1.29, 1.82) is 0 Å². The molecule has 0 fully saturated rings. The molecule has 0 N–H and O–H groups in total. The van der Waals surface area contributed by atoms with Gasteiger partial charge in [-0.05, 0) is 89.1 Å². The highest BCUT2D eigenvalue weighted by molar-refractivity contribution is 5.95. The minimum Gasteiger partial charge on any atom is -0.255 e. The topological polar surface area (TPSA) is 82.3 Å². The lowest BCUT2D eigenvalue weighted by atomic mass is 10.00. The van der Waals surface area contributed by atoms with Crippen LogP contribution in [0, 0.1) is 0 Å². The number of pyridine rings is 4. The van der Waals surface area contributed by atoms with Gasteiger partial charge in [0.25, 0.3) is 0 Å². The second-order valence-electron chi connectivity index (χ2n) is 11.7. The van der Waals surface area contributed by atoms with Gasteiger partial charge >= 0.3 is 0 Å². The summed E-state index contributed by atoms with van der Waals surface area (Å²) in [6.45, 7) is 0. The highest BCUT2D eigenvalue weighted by atomic mass is 15.5. The first-order chi connectivity index (χ1) is 24.3. The molecule has 49 heavy (non-hydrogen) atoms. The third kappa shape index (κ3) is 5.39. The van der Waals surface area contributed by atoms with Crippen molar-refractivity contribution in [3.05, 3.63) is 164 Å². The molecule has 0 aliphatic rings. The van der Waals surface area contributed by atoms with Crippen LogP contribution in [-0.2, 0) is 0 Å². The molecule has 9 rings (SSSR count). The van der Waals surface area contributed by atoms with Crippen LogP contribution in [-0.4, -0.2) is 34.9 Å². The van der Waals surface area contributed by atoms with Crippen molar-refractivity contribution in [3.8, 4) is 62.1 Å². The van der Waals surface area contributed by atoms with E-state index in [0.29, 0.717) is 0 Å². The van der Waals surface area contributed by atoms with Crippen LogP contribution in [0.15, 0.2) is 164 Å². The second-order valence-corrected chi connectivity index (χ2v) is 11.7. The average Bonchev–Trinajstić information content (AvgIpc) is 3.62. The Hall–Kier alpha value is -6.86. The van der Waals surface area contributed by atoms with Gasteiger partial charge in [-0.1, -0.05) is 78.9 Å². The van der Waals surface area contributed by atoms with Gasteiger partial charge in [-0.2, -0.15) is 0 Å². The molecule has 7 heteroatoms. The maximum Gasteiger partial charge on any atom is 0.123 e. The molecule has 0 unspecified atom stereocenters. The summed E-state index contributed by atoms with van der Waals surface area (Å²) in [7, 11) is 0. The van der Waals surface area contributed by atoms with E-state index in [1.165, 1.54) is 10.8 Å². The SMILES string of the molecule is c1ccc(-c2cccc(-c3cc(-c4cccc(-c5ccccn5)n4)c4nn(-c5ccccc5-c5ccc6ccccc6c5)nc4c3)n2)nc1. The molecule has 7 nitrogen and oxygen atoms in total. The Morgan fingerprint density at radius 1 is 0.388 bits per heavy atom. The lowest BCUT2D eigenvalue weighted by molar-refractivity contribution is 0.767. The van der Waals surface area contributed by atoms with Crippen molar-refractivity contribution in [3.63, 3.8) is 0 Å². The van der Waals surface area contributed by atoms with Crippen LogP contribution >= 0.6 is 0 Å². The molecular weight excluding hydrogens is 603 g/mol. The first kappa shape index (κ1) is 28.4. The van der Waals surface area contributed by atoms with Crippen LogP contribution in [0.5, 0.6) is 0 Å². The second kappa shape index (κ2) is 12.1. The molecule has 4 aromatic carbocycles. The van der Waals surface area contributed by atoms with Gasteiger partial charge in [0.15, 0.2) is 0 Å². The van der Waals surface area contributed by atoms with E-state index in [9.17, 15) is 0 Å². The summed E-state index contributed by atoms with van der Waals surface area (Å²) in [5.74, 6) is 0. The van der Waals surface area contributed by atoms with Crippen LogP contribution in [0.3, 0.4) is 0 Å². The number of rotatable bonds is 6. The Bertz CT molecular complexity index is 2610. The summed E-state index contributed by atoms with van der Waals surface area (Å²) in [5.41, 5.74) is 11.0. The molecule has 5 heterocycles. The van der Waals surface area contributed by atoms with Crippen LogP contribution in [0.1, 0.15) is 0 Å². The first-order valence-electron chi connectivity index (χ1n) is 16.0. The Morgan fingerprint density at radius 3 is 1.78 bits per heavy atom. The molecule has 0 atom stereocenters. The smallest absolute Gasteiger partial charge is 0.123 e. The van der Waals surface area contributed by atoms with E-state index in [0.717, 1.165) is 73.1 Å². The van der Waals surface area contributed by atoms with Gasteiger partial charge in [-0.15, -0.1) is 15.0 Å². The summed E-state index contributed by atoms with van der Waals surface area (Å²) < 4.78 is 0. The molecule has 0 amide bonds. The predicted octanol–water partition coefficient (Wildman–Crippen LogP) is 9.49. The van der Waals surface area contributed by atoms with Crippen LogP contribution < -0.4 is 0 Å². The fourth-order valence-electron chi connectivity index (χ4n) is 6.21. The molecule has 0 aliphatic heterocycles. The maximum absolute atomic E-state index is 5.13. The zero-order valence-electron chi connectivity index (χ0n) is 26.2. The van der Waals surface area contributed by atoms with Crippen molar-refractivity contribution in [2.24, 2.45) is 0 Å². The normalized spacial score (nSPS) is 11.3. The Labute approximate surface area is 282 Å². The van der Waals surface area contributed by atoms with Gasteiger partial charge in [0.2, 0.25) is 0 Å². The van der Waals surface area contributed by atoms with E-state index in [1.54, 1.807) is 17.2 Å². The van der Waals surface area contributed by atoms with Crippen LogP contribution in [0.2, 0.25) is 0 Å². The Morgan fingerprint density at radius 2 is 1.02 bits per heavy atom. The van der Waals surface area contributed by atoms with Crippen molar-refractivity contribution >= 4 is 21.8 Å². The molecule has 5 aromatic heterocycles. The fourth-order valence-corrected chi connectivity index (χ4v) is 6.21. The van der Waals surface area contributed by atoms with Gasteiger partial charge in [0.1, 0.15) is 11.0 Å². The minimum atomic E-state index is 0.732. The molecule has 0 bridgehead atoms. The minimum absolute atomic E-state index is 0.732. The quantitative estimate of drug-likeness (QED) is 0.182. The zero-order valence-corrected chi connectivity index (χ0v) is 26.2. The highest BCUT2D eigenvalue weighted by Crippen LogP contribution is 2.35. The highest BCUT2D eigenvalue weighted by Gasteiger charge is 2.18. The largest absolute Gasteiger partial charge is 0.255 e. The van der Waals surface area contributed by atoms with Crippen molar-refractivity contribution < 1.29 is 0 Å². The summed E-state index contributed by atoms with van der Waals surface area (Å²) in [4.78, 5) is 20.9. The molecule has 0 radical (unpaired) electrons. The maximum atomic E-state index is 5.13. The third-order valence-corrected chi connectivity index (χ3v) is 8.59. The van der Waals surface area contributed by atoms with Crippen LogP contribution in [0.4, 0.5) is 0 Å². The lowest BCUT2D eigenvalue weighted by Crippen LogP contribution is -2.01. The number of hydrogen-bond acceptors (Lipinski definition) is 6. The molecule has 0 saturated heterocycles. The standard InChI is InChI=1S/C42H27N7/c1-2-12-29-25-30(22-21-28(29)11-1)32-13-3-4-20-41(32)49-47-40-27-31(34-16-9-18-38(45-34)36-14-5-7-23-43-36)26-33(42(40)48-49)35-17-10-19-39(46-35)37-15-6-8-24-44-37/h1-27H. The fraction of sp³-hybridized carbons (Fsp3) is 0. The third-order valence-electron chi connectivity index (χ3n) is 8.59. The van der Waals surface area contributed by atoms with Crippen molar-refractivity contribution in [2.75, 3.05) is 0 Å². The molecule has 9 aromatic rings. The number of fused-ring (bicyclic) bond motifs is 2. The van der Waals surface area contributed by atoms with Gasteiger partial charge in [-0.25, -0.2) is 9.97 Å². The number of benzene rings is 4. The molecule has 230 valence electrons. The molecule has 0 spiro atoms. The van der Waals surface area contributed by atoms with Crippen molar-refractivity contribution in [2.45, 2.75) is 0 Å². The predicted molar refractivity (Wildman–Crippen MR) is 195 cm³/mol. The molecule has 0 saturated carbocycles. The van der Waals surface area contributed by atoms with Gasteiger partial charge in [-0.3, -0.25) is 9.97 Å². The zero-order chi connectivity index (χ0) is 32.6. The van der Waals surface area contributed by atoms with E-state index < -0.39 is 0 Å². The number of hydrogen-bond donors (Lipinski definition) is 0. The summed E-state index contributed by atoms with van der Waals surface area (Å²) in [5, 5.41) is 12.6. The van der Waals surface area contributed by atoms with Gasteiger partial charge in [0.05, 0.1) is 39.9 Å². The van der Waals surface area contributed by atoms with E-state index in [1.807, 2.05) is 91.0 Å². The molecule has 0 aliphatic carbocycles. The number of para-hydroxylation sites is 1. The van der Waals surface area contributed by atoms with Crippen LogP contribution in [0.25, 0.3) is 83.9 Å². The summed E-state index contributed by atoms with van der Waals surface area (Å²) in [6.07, 6.45) is 3.56. The van der Waals surface area contributed by atoms with E-state index in [4.69, 9.17) is 20.2 Å². The molecular formula is C42H27N7. The Balaban J connectivity index is 1.23.